The fraction of sp³-hybridized carbons (Fsp3) is 0.290. The van der Waals surface area contributed by atoms with Gasteiger partial charge in [0, 0.05) is 54.3 Å². The third-order valence-corrected chi connectivity index (χ3v) is 7.09. The third-order valence-electron chi connectivity index (χ3n) is 6.84. The van der Waals surface area contributed by atoms with Gasteiger partial charge >= 0.3 is 0 Å². The molecule has 2 amide bonds. The smallest absolute Gasteiger partial charge is 0.267 e. The van der Waals surface area contributed by atoms with Crippen molar-refractivity contribution in [2.24, 2.45) is 0 Å². The summed E-state index contributed by atoms with van der Waals surface area (Å²) in [5.41, 5.74) is 4.39. The van der Waals surface area contributed by atoms with E-state index in [2.05, 4.69) is 40.7 Å². The molecule has 1 aliphatic rings. The Hall–Kier alpha value is -3.85. The molecular weight excluding hydrogens is 528 g/mol. The number of carbonyl (C=O) groups is 2. The maximum absolute atomic E-state index is 13.4. The molecule has 208 valence electrons. The quantitative estimate of drug-likeness (QED) is 0.293. The molecule has 4 aromatic rings. The Bertz CT molecular complexity index is 1480. The molecule has 0 unspecified atom stereocenters. The van der Waals surface area contributed by atoms with Crippen LogP contribution in [0.4, 0.5) is 5.69 Å². The van der Waals surface area contributed by atoms with Gasteiger partial charge in [-0.3, -0.25) is 14.5 Å². The molecule has 1 aliphatic heterocycles. The highest BCUT2D eigenvalue weighted by Gasteiger charge is 2.18. The van der Waals surface area contributed by atoms with Crippen molar-refractivity contribution in [1.82, 2.24) is 14.8 Å². The average molecular weight is 561 g/mol. The van der Waals surface area contributed by atoms with Crippen molar-refractivity contribution in [3.63, 3.8) is 0 Å². The highest BCUT2D eigenvalue weighted by Crippen LogP contribution is 2.25. The first-order chi connectivity index (χ1) is 19.4. The van der Waals surface area contributed by atoms with E-state index in [0.29, 0.717) is 35.2 Å². The minimum atomic E-state index is -0.283. The predicted molar refractivity (Wildman–Crippen MR) is 157 cm³/mol. The number of hydrogen-bond donors (Lipinski definition) is 2. The van der Waals surface area contributed by atoms with Gasteiger partial charge in [0.1, 0.15) is 11.4 Å². The SMILES string of the molecule is Cc1cccc(Cn2c(C(=O)NCCN3CCOCC3)cc3cc(NC(=O)COc4ccc(Cl)cc4)ccc32)c1. The highest BCUT2D eigenvalue weighted by atomic mass is 35.5. The zero-order valence-electron chi connectivity index (χ0n) is 22.5. The molecule has 9 heteroatoms. The van der Waals surface area contributed by atoms with E-state index in [1.165, 1.54) is 0 Å². The Kier molecular flexibility index (Phi) is 9.01. The Balaban J connectivity index is 1.32. The van der Waals surface area contributed by atoms with E-state index in [9.17, 15) is 9.59 Å². The number of anilines is 1. The lowest BCUT2D eigenvalue weighted by atomic mass is 10.1. The zero-order valence-corrected chi connectivity index (χ0v) is 23.2. The molecule has 1 aromatic heterocycles. The number of rotatable bonds is 10. The van der Waals surface area contributed by atoms with Gasteiger partial charge in [-0.1, -0.05) is 41.4 Å². The molecule has 0 spiro atoms. The van der Waals surface area contributed by atoms with E-state index in [-0.39, 0.29) is 18.4 Å². The van der Waals surface area contributed by atoms with Gasteiger partial charge in [0.2, 0.25) is 0 Å². The van der Waals surface area contributed by atoms with Crippen LogP contribution in [0.15, 0.2) is 72.8 Å². The van der Waals surface area contributed by atoms with Crippen molar-refractivity contribution < 1.29 is 19.1 Å². The topological polar surface area (TPSA) is 84.8 Å². The molecule has 3 aromatic carbocycles. The van der Waals surface area contributed by atoms with E-state index < -0.39 is 0 Å². The van der Waals surface area contributed by atoms with Gasteiger partial charge in [0.05, 0.1) is 13.2 Å². The predicted octanol–water partition coefficient (Wildman–Crippen LogP) is 4.73. The van der Waals surface area contributed by atoms with Crippen molar-refractivity contribution in [3.05, 3.63) is 94.6 Å². The molecule has 5 rings (SSSR count). The number of benzene rings is 3. The minimum Gasteiger partial charge on any atom is -0.484 e. The summed E-state index contributed by atoms with van der Waals surface area (Å²) in [6, 6.07) is 22.7. The number of hydrogen-bond acceptors (Lipinski definition) is 5. The number of amides is 2. The highest BCUT2D eigenvalue weighted by molar-refractivity contribution is 6.30. The monoisotopic (exact) mass is 560 g/mol. The van der Waals surface area contributed by atoms with Gasteiger partial charge in [-0.2, -0.15) is 0 Å². The van der Waals surface area contributed by atoms with Gasteiger partial charge in [-0.05, 0) is 61.0 Å². The number of fused-ring (bicyclic) bond motifs is 1. The molecule has 8 nitrogen and oxygen atoms in total. The van der Waals surface area contributed by atoms with Crippen molar-refractivity contribution in [1.29, 1.82) is 0 Å². The first kappa shape index (κ1) is 27.7. The van der Waals surface area contributed by atoms with Crippen molar-refractivity contribution in [2.45, 2.75) is 13.5 Å². The summed E-state index contributed by atoms with van der Waals surface area (Å²) in [5, 5.41) is 7.44. The number of aryl methyl sites for hydroxylation is 1. The van der Waals surface area contributed by atoms with Gasteiger partial charge in [0.25, 0.3) is 11.8 Å². The number of halogens is 1. The van der Waals surface area contributed by atoms with Gasteiger partial charge < -0.3 is 24.7 Å². The third kappa shape index (κ3) is 7.21. The van der Waals surface area contributed by atoms with Crippen LogP contribution in [-0.2, 0) is 16.1 Å². The number of morpholine rings is 1. The number of nitrogens with one attached hydrogen (secondary N) is 2. The van der Waals surface area contributed by atoms with Crippen LogP contribution in [0.1, 0.15) is 21.6 Å². The molecule has 2 N–H and O–H groups in total. The summed E-state index contributed by atoms with van der Waals surface area (Å²) >= 11 is 5.90. The van der Waals surface area contributed by atoms with Crippen LogP contribution >= 0.6 is 11.6 Å². The van der Waals surface area contributed by atoms with E-state index >= 15 is 0 Å². The molecular formula is C31H33ClN4O4. The van der Waals surface area contributed by atoms with E-state index in [0.717, 1.165) is 54.9 Å². The lowest BCUT2D eigenvalue weighted by molar-refractivity contribution is -0.118. The molecule has 0 bridgehead atoms. The first-order valence-corrected chi connectivity index (χ1v) is 13.8. The van der Waals surface area contributed by atoms with Crippen LogP contribution in [0.5, 0.6) is 5.75 Å². The summed E-state index contributed by atoms with van der Waals surface area (Å²) in [6.45, 7) is 7.02. The fourth-order valence-electron chi connectivity index (χ4n) is 4.82. The first-order valence-electron chi connectivity index (χ1n) is 13.4. The summed E-state index contributed by atoms with van der Waals surface area (Å²) in [7, 11) is 0. The largest absolute Gasteiger partial charge is 0.484 e. The summed E-state index contributed by atoms with van der Waals surface area (Å²) < 4.78 is 13.0. The van der Waals surface area contributed by atoms with Crippen molar-refractivity contribution >= 4 is 40.0 Å². The lowest BCUT2D eigenvalue weighted by Crippen LogP contribution is -2.41. The number of ether oxygens (including phenoxy) is 2. The molecule has 0 radical (unpaired) electrons. The Morgan fingerprint density at radius 1 is 1.00 bits per heavy atom. The second-order valence-corrected chi connectivity index (χ2v) is 10.3. The van der Waals surface area contributed by atoms with E-state index in [4.69, 9.17) is 21.1 Å². The van der Waals surface area contributed by atoms with Crippen LogP contribution in [0.3, 0.4) is 0 Å². The second-order valence-electron chi connectivity index (χ2n) is 9.88. The average Bonchev–Trinajstić information content (AvgIpc) is 3.30. The lowest BCUT2D eigenvalue weighted by Gasteiger charge is -2.26. The van der Waals surface area contributed by atoms with Crippen LogP contribution < -0.4 is 15.4 Å². The molecule has 40 heavy (non-hydrogen) atoms. The molecule has 1 saturated heterocycles. The molecule has 0 aliphatic carbocycles. The molecule has 0 saturated carbocycles. The number of carbonyl (C=O) groups excluding carboxylic acids is 2. The van der Waals surface area contributed by atoms with Crippen molar-refractivity contribution in [2.75, 3.05) is 51.3 Å². The summed E-state index contributed by atoms with van der Waals surface area (Å²) in [5.74, 6) is 0.154. The summed E-state index contributed by atoms with van der Waals surface area (Å²) in [6.07, 6.45) is 0. The van der Waals surface area contributed by atoms with E-state index in [1.807, 2.05) is 34.9 Å². The maximum atomic E-state index is 13.4. The Morgan fingerprint density at radius 3 is 2.58 bits per heavy atom. The number of nitrogens with zero attached hydrogens (tertiary/aromatic N) is 2. The van der Waals surface area contributed by atoms with E-state index in [1.54, 1.807) is 24.3 Å². The molecule has 0 atom stereocenters. The Labute approximate surface area is 238 Å². The second kappa shape index (κ2) is 13.0. The normalized spacial score (nSPS) is 13.8. The molecule has 2 heterocycles. The van der Waals surface area contributed by atoms with Gasteiger partial charge in [-0.25, -0.2) is 0 Å². The standard InChI is InChI=1S/C31H33ClN4O4/c1-22-3-2-4-23(17-22)20-36-28-10-7-26(34-30(37)21-40-27-8-5-25(32)6-9-27)18-24(28)19-29(36)31(38)33-11-12-35-13-15-39-16-14-35/h2-10,17-19H,11-16,20-21H2,1H3,(H,33,38)(H,34,37). The van der Waals surface area contributed by atoms with Crippen LogP contribution in [0, 0.1) is 6.92 Å². The van der Waals surface area contributed by atoms with Crippen LogP contribution in [-0.4, -0.2) is 67.3 Å². The zero-order chi connectivity index (χ0) is 27.9. The number of aromatic nitrogens is 1. The van der Waals surface area contributed by atoms with Gasteiger partial charge in [0.15, 0.2) is 6.61 Å². The fourth-order valence-corrected chi connectivity index (χ4v) is 4.95. The van der Waals surface area contributed by atoms with Crippen molar-refractivity contribution in [3.8, 4) is 5.75 Å². The molecule has 1 fully saturated rings. The van der Waals surface area contributed by atoms with Crippen LogP contribution in [0.25, 0.3) is 10.9 Å². The maximum Gasteiger partial charge on any atom is 0.267 e. The minimum absolute atomic E-state index is 0.126. The van der Waals surface area contributed by atoms with Crippen LogP contribution in [0.2, 0.25) is 5.02 Å². The Morgan fingerprint density at radius 2 is 1.80 bits per heavy atom. The summed E-state index contributed by atoms with van der Waals surface area (Å²) in [4.78, 5) is 28.2. The van der Waals surface area contributed by atoms with Gasteiger partial charge in [-0.15, -0.1) is 0 Å².